The molecule has 1 fully saturated rings. The third-order valence-electron chi connectivity index (χ3n) is 4.81. The maximum absolute atomic E-state index is 12.2. The fourth-order valence-corrected chi connectivity index (χ4v) is 4.00. The van der Waals surface area contributed by atoms with Gasteiger partial charge in [-0.3, -0.25) is 14.5 Å². The molecule has 6 heteroatoms. The molecular formula is C22H27N3O2S. The zero-order valence-electron chi connectivity index (χ0n) is 16.3. The highest BCUT2D eigenvalue weighted by molar-refractivity contribution is 7.99. The molecule has 0 bridgehead atoms. The van der Waals surface area contributed by atoms with E-state index in [0.29, 0.717) is 13.1 Å². The Labute approximate surface area is 171 Å². The predicted octanol–water partition coefficient (Wildman–Crippen LogP) is 2.92. The second kappa shape index (κ2) is 10.3. The second-order valence-corrected chi connectivity index (χ2v) is 8.05. The fraction of sp³-hybridized carbons (Fsp3) is 0.364. The molecule has 148 valence electrons. The maximum atomic E-state index is 12.2. The first-order valence-corrected chi connectivity index (χ1v) is 10.6. The van der Waals surface area contributed by atoms with Crippen LogP contribution in [0.5, 0.6) is 0 Å². The molecule has 1 aliphatic rings. The number of carbonyl (C=O) groups excluding carboxylic acids is 2. The molecule has 0 atom stereocenters. The Morgan fingerprint density at radius 1 is 0.964 bits per heavy atom. The highest BCUT2D eigenvalue weighted by Crippen LogP contribution is 2.18. The van der Waals surface area contributed by atoms with Gasteiger partial charge in [-0.25, -0.2) is 0 Å². The molecule has 2 aromatic rings. The number of thioether (sulfide) groups is 1. The summed E-state index contributed by atoms with van der Waals surface area (Å²) in [6, 6.07) is 18.0. The molecule has 0 saturated carbocycles. The first kappa shape index (κ1) is 20.4. The van der Waals surface area contributed by atoms with Gasteiger partial charge in [0.1, 0.15) is 0 Å². The van der Waals surface area contributed by atoms with Crippen LogP contribution in [0, 0.1) is 0 Å². The fourth-order valence-electron chi connectivity index (χ4n) is 3.21. The topological polar surface area (TPSA) is 52.7 Å². The summed E-state index contributed by atoms with van der Waals surface area (Å²) in [5.74, 6) is 1.05. The lowest BCUT2D eigenvalue weighted by atomic mass is 10.1. The number of piperazine rings is 1. The summed E-state index contributed by atoms with van der Waals surface area (Å²) in [6.45, 7) is 6.21. The molecule has 0 unspecified atom stereocenters. The van der Waals surface area contributed by atoms with Crippen molar-refractivity contribution in [3.8, 4) is 0 Å². The lowest BCUT2D eigenvalue weighted by Gasteiger charge is -2.35. The molecule has 0 spiro atoms. The molecule has 1 heterocycles. The standard InChI is InChI=1S/C22H27N3O2S/c1-18(26)19-7-9-20(10-8-19)25-14-12-24(13-15-25)17-22(27)23-11-16-28-21-5-3-2-4-6-21/h2-10H,11-17H2,1H3,(H,23,27). The monoisotopic (exact) mass is 397 g/mol. The van der Waals surface area contributed by atoms with Gasteiger partial charge in [-0.1, -0.05) is 18.2 Å². The number of ketones is 1. The Bertz CT molecular complexity index is 772. The van der Waals surface area contributed by atoms with Crippen molar-refractivity contribution in [1.29, 1.82) is 0 Å². The van der Waals surface area contributed by atoms with E-state index < -0.39 is 0 Å². The maximum Gasteiger partial charge on any atom is 0.234 e. The lowest BCUT2D eigenvalue weighted by Crippen LogP contribution is -2.49. The van der Waals surface area contributed by atoms with E-state index >= 15 is 0 Å². The van der Waals surface area contributed by atoms with Crippen molar-refractivity contribution in [2.45, 2.75) is 11.8 Å². The first-order valence-electron chi connectivity index (χ1n) is 9.64. The molecule has 2 aromatic carbocycles. The number of nitrogens with zero attached hydrogens (tertiary/aromatic N) is 2. The highest BCUT2D eigenvalue weighted by Gasteiger charge is 2.19. The van der Waals surface area contributed by atoms with E-state index in [1.807, 2.05) is 42.5 Å². The van der Waals surface area contributed by atoms with Crippen LogP contribution in [0.25, 0.3) is 0 Å². The Balaban J connectivity index is 1.34. The summed E-state index contributed by atoms with van der Waals surface area (Å²) in [6.07, 6.45) is 0. The van der Waals surface area contributed by atoms with Crippen LogP contribution >= 0.6 is 11.8 Å². The second-order valence-electron chi connectivity index (χ2n) is 6.88. The van der Waals surface area contributed by atoms with Crippen molar-refractivity contribution < 1.29 is 9.59 Å². The molecule has 1 aliphatic heterocycles. The minimum atomic E-state index is 0.0875. The van der Waals surface area contributed by atoms with Crippen molar-refractivity contribution in [3.05, 3.63) is 60.2 Å². The average molecular weight is 398 g/mol. The first-order chi connectivity index (χ1) is 13.6. The third-order valence-corrected chi connectivity index (χ3v) is 5.83. The summed E-state index contributed by atoms with van der Waals surface area (Å²) < 4.78 is 0. The summed E-state index contributed by atoms with van der Waals surface area (Å²) in [7, 11) is 0. The number of nitrogens with one attached hydrogen (secondary N) is 1. The number of rotatable bonds is 8. The van der Waals surface area contributed by atoms with Gasteiger partial charge < -0.3 is 10.2 Å². The van der Waals surface area contributed by atoms with Crippen LogP contribution in [0.15, 0.2) is 59.5 Å². The van der Waals surface area contributed by atoms with Gasteiger partial charge in [-0.2, -0.15) is 0 Å². The van der Waals surface area contributed by atoms with Gasteiger partial charge in [-0.05, 0) is 43.3 Å². The minimum absolute atomic E-state index is 0.0875. The van der Waals surface area contributed by atoms with Gasteiger partial charge in [0.05, 0.1) is 6.54 Å². The van der Waals surface area contributed by atoms with Crippen LogP contribution in [0.3, 0.4) is 0 Å². The van der Waals surface area contributed by atoms with Crippen molar-refractivity contribution in [3.63, 3.8) is 0 Å². The van der Waals surface area contributed by atoms with E-state index in [1.165, 1.54) is 4.90 Å². The van der Waals surface area contributed by atoms with Crippen molar-refractivity contribution >= 4 is 29.1 Å². The van der Waals surface area contributed by atoms with Gasteiger partial charge in [0.2, 0.25) is 5.91 Å². The number of amides is 1. The largest absolute Gasteiger partial charge is 0.369 e. The Kier molecular flexibility index (Phi) is 7.51. The lowest BCUT2D eigenvalue weighted by molar-refractivity contribution is -0.122. The molecule has 1 amide bonds. The number of carbonyl (C=O) groups is 2. The Morgan fingerprint density at radius 3 is 2.29 bits per heavy atom. The smallest absolute Gasteiger partial charge is 0.234 e. The van der Waals surface area contributed by atoms with Gasteiger partial charge in [-0.15, -0.1) is 11.8 Å². The zero-order valence-corrected chi connectivity index (χ0v) is 17.1. The molecule has 0 aromatic heterocycles. The van der Waals surface area contributed by atoms with Gasteiger partial charge in [0.25, 0.3) is 0 Å². The van der Waals surface area contributed by atoms with Crippen LogP contribution in [0.1, 0.15) is 17.3 Å². The average Bonchev–Trinajstić information content (AvgIpc) is 2.73. The quantitative estimate of drug-likeness (QED) is 0.422. The predicted molar refractivity (Wildman–Crippen MR) is 115 cm³/mol. The van der Waals surface area contributed by atoms with Crippen LogP contribution in [-0.2, 0) is 4.79 Å². The van der Waals surface area contributed by atoms with E-state index in [2.05, 4.69) is 27.2 Å². The number of hydrogen-bond donors (Lipinski definition) is 1. The highest BCUT2D eigenvalue weighted by atomic mass is 32.2. The molecule has 1 N–H and O–H groups in total. The van der Waals surface area contributed by atoms with Crippen LogP contribution < -0.4 is 10.2 Å². The molecule has 1 saturated heterocycles. The van der Waals surface area contributed by atoms with E-state index in [9.17, 15) is 9.59 Å². The van der Waals surface area contributed by atoms with Crippen molar-refractivity contribution in [2.75, 3.05) is 49.9 Å². The zero-order chi connectivity index (χ0) is 19.8. The SMILES string of the molecule is CC(=O)c1ccc(N2CCN(CC(=O)NCCSc3ccccc3)CC2)cc1. The summed E-state index contributed by atoms with van der Waals surface area (Å²) in [5.41, 5.74) is 1.87. The van der Waals surface area contributed by atoms with E-state index in [1.54, 1.807) is 18.7 Å². The van der Waals surface area contributed by atoms with E-state index in [0.717, 1.165) is 43.2 Å². The van der Waals surface area contributed by atoms with Crippen LogP contribution in [0.2, 0.25) is 0 Å². The molecule has 0 radical (unpaired) electrons. The van der Waals surface area contributed by atoms with Gasteiger partial charge in [0.15, 0.2) is 5.78 Å². The Hall–Kier alpha value is -2.31. The van der Waals surface area contributed by atoms with Crippen LogP contribution in [-0.4, -0.2) is 61.6 Å². The number of benzene rings is 2. The molecule has 5 nitrogen and oxygen atoms in total. The summed E-state index contributed by atoms with van der Waals surface area (Å²) in [4.78, 5) is 29.3. The molecule has 3 rings (SSSR count). The number of Topliss-reactive ketones (excluding diaryl/α,β-unsaturated/α-hetero) is 1. The Morgan fingerprint density at radius 2 is 1.64 bits per heavy atom. The van der Waals surface area contributed by atoms with Gasteiger partial charge in [0, 0.05) is 54.6 Å². The molecule has 0 aliphatic carbocycles. The summed E-state index contributed by atoms with van der Waals surface area (Å²) >= 11 is 1.75. The van der Waals surface area contributed by atoms with Gasteiger partial charge >= 0.3 is 0 Å². The van der Waals surface area contributed by atoms with E-state index in [4.69, 9.17) is 0 Å². The minimum Gasteiger partial charge on any atom is -0.369 e. The molecular weight excluding hydrogens is 370 g/mol. The van der Waals surface area contributed by atoms with Crippen LogP contribution in [0.4, 0.5) is 5.69 Å². The molecule has 28 heavy (non-hydrogen) atoms. The summed E-state index contributed by atoms with van der Waals surface area (Å²) in [5, 5.41) is 3.01. The van der Waals surface area contributed by atoms with Crippen molar-refractivity contribution in [1.82, 2.24) is 10.2 Å². The number of anilines is 1. The third kappa shape index (κ3) is 6.11. The van der Waals surface area contributed by atoms with E-state index in [-0.39, 0.29) is 11.7 Å². The van der Waals surface area contributed by atoms with Crippen molar-refractivity contribution in [2.24, 2.45) is 0 Å². The number of hydrogen-bond acceptors (Lipinski definition) is 5. The normalized spacial score (nSPS) is 14.7.